The molecule has 0 spiro atoms. The van der Waals surface area contributed by atoms with Crippen molar-refractivity contribution in [2.75, 3.05) is 66.3 Å². The van der Waals surface area contributed by atoms with E-state index >= 15 is 8.78 Å². The predicted molar refractivity (Wildman–Crippen MR) is 243 cm³/mol. The van der Waals surface area contributed by atoms with Crippen LogP contribution in [0.3, 0.4) is 0 Å². The van der Waals surface area contributed by atoms with E-state index in [1.54, 1.807) is 31.4 Å². The number of halogens is 3. The number of aryl methyl sites for hydroxylation is 2. The lowest BCUT2D eigenvalue weighted by Crippen LogP contribution is -2.56. The zero-order valence-corrected chi connectivity index (χ0v) is 37.1. The van der Waals surface area contributed by atoms with Gasteiger partial charge in [0.1, 0.15) is 5.02 Å². The minimum Gasteiger partial charge on any atom is -0.480 e. The molecule has 4 aliphatic heterocycles. The second-order valence-electron chi connectivity index (χ2n) is 18.6. The van der Waals surface area contributed by atoms with Crippen molar-refractivity contribution in [1.29, 1.82) is 0 Å². The highest BCUT2D eigenvalue weighted by molar-refractivity contribution is 6.33. The molecular weight excluding hydrogens is 860 g/mol. The van der Waals surface area contributed by atoms with Gasteiger partial charge < -0.3 is 34.5 Å². The molecule has 19 heteroatoms. The minimum absolute atomic E-state index is 0.107. The van der Waals surface area contributed by atoms with E-state index in [0.717, 1.165) is 87.2 Å². The van der Waals surface area contributed by atoms with Gasteiger partial charge in [-0.3, -0.25) is 29.3 Å². The van der Waals surface area contributed by atoms with Gasteiger partial charge in [-0.15, -0.1) is 0 Å². The number of pyridine rings is 1. The highest BCUT2D eigenvalue weighted by Crippen LogP contribution is 2.46. The molecule has 6 aliphatic rings. The van der Waals surface area contributed by atoms with E-state index in [1.807, 2.05) is 11.7 Å². The molecule has 2 amide bonds. The summed E-state index contributed by atoms with van der Waals surface area (Å²) in [6.45, 7) is 4.44. The van der Waals surface area contributed by atoms with Crippen LogP contribution in [0.4, 0.5) is 37.6 Å². The zero-order valence-electron chi connectivity index (χ0n) is 36.4. The van der Waals surface area contributed by atoms with Crippen LogP contribution in [-0.4, -0.2) is 117 Å². The molecule has 16 nitrogen and oxygen atoms in total. The van der Waals surface area contributed by atoms with Crippen LogP contribution in [0.1, 0.15) is 63.0 Å². The van der Waals surface area contributed by atoms with Crippen molar-refractivity contribution in [2.45, 2.75) is 87.5 Å². The number of anilines is 5. The first kappa shape index (κ1) is 42.1. The lowest BCUT2D eigenvalue weighted by molar-refractivity contribution is -0.134. The minimum atomic E-state index is -3.13. The van der Waals surface area contributed by atoms with E-state index in [1.165, 1.54) is 4.57 Å². The smallest absolute Gasteiger partial charge is 0.301 e. The molecule has 65 heavy (non-hydrogen) atoms. The van der Waals surface area contributed by atoms with Crippen molar-refractivity contribution < 1.29 is 27.8 Å². The van der Waals surface area contributed by atoms with Crippen molar-refractivity contribution in [3.05, 3.63) is 63.7 Å². The van der Waals surface area contributed by atoms with E-state index in [0.29, 0.717) is 65.1 Å². The summed E-state index contributed by atoms with van der Waals surface area (Å²) in [5.41, 5.74) is 3.86. The van der Waals surface area contributed by atoms with Crippen LogP contribution < -0.4 is 36.0 Å². The predicted octanol–water partition coefficient (Wildman–Crippen LogP) is 5.69. The number of carbonyl (C=O) groups excluding carboxylic acids is 2. The molecule has 0 radical (unpaired) electrons. The van der Waals surface area contributed by atoms with Gasteiger partial charge in [-0.05, 0) is 87.3 Å². The van der Waals surface area contributed by atoms with E-state index in [9.17, 15) is 14.4 Å². The van der Waals surface area contributed by atoms with E-state index in [4.69, 9.17) is 31.2 Å². The first-order chi connectivity index (χ1) is 31.4. The van der Waals surface area contributed by atoms with Gasteiger partial charge in [-0.25, -0.2) is 13.8 Å². The molecule has 2 aromatic carbocycles. The fourth-order valence-electron chi connectivity index (χ4n) is 10.5. The molecule has 5 aromatic rings. The number of benzene rings is 2. The number of piperidine rings is 2. The van der Waals surface area contributed by atoms with Gasteiger partial charge in [0.15, 0.2) is 12.4 Å². The van der Waals surface area contributed by atoms with Crippen LogP contribution in [0.15, 0.2) is 47.4 Å². The Morgan fingerprint density at radius 3 is 2.43 bits per heavy atom. The molecule has 7 heterocycles. The number of amides is 2. The number of nitrogens with zero attached hydrogens (tertiary/aromatic N) is 8. The number of imide groups is 1. The van der Waals surface area contributed by atoms with Gasteiger partial charge >= 0.3 is 5.92 Å². The summed E-state index contributed by atoms with van der Waals surface area (Å²) in [5.74, 6) is -3.37. The number of rotatable bonds is 9. The van der Waals surface area contributed by atoms with Crippen molar-refractivity contribution >= 4 is 74.0 Å². The number of hydrogen-bond donors (Lipinski definition) is 3. The maximum Gasteiger partial charge on any atom is 0.301 e. The maximum atomic E-state index is 15.2. The molecule has 3 aromatic heterocycles. The number of ether oxygens (including phenoxy) is 2. The Hall–Kier alpha value is -5.59. The Bertz CT molecular complexity index is 2760. The Kier molecular flexibility index (Phi) is 10.6. The summed E-state index contributed by atoms with van der Waals surface area (Å²) >= 11 is 6.63. The second-order valence-corrected chi connectivity index (χ2v) is 19.0. The number of aromatic nitrogens is 5. The second kappa shape index (κ2) is 16.4. The Morgan fingerprint density at radius 1 is 0.892 bits per heavy atom. The molecule has 3 N–H and O–H groups in total. The largest absolute Gasteiger partial charge is 0.480 e. The van der Waals surface area contributed by atoms with E-state index in [-0.39, 0.29) is 41.4 Å². The standard InChI is InChI=1S/C46H52ClF2N11O5/c1-56-35-9-5-26(19-33(35)39-40(44(56)63)64-24-46(48,49)41(53-39)25-3-4-25)51-42-34(47)23-50-45(54-42)60-13-11-29(12-14-60)65-30-20-28(21-30)59-17-15-58(16-18-59)27-6-7-31-36(22-27)57(2)55-38(31)32-8-10-37(61)52-43(32)62/h5-7,9,19,22-23,25,28-30,32,41,53H,3-4,8,10-18,20-21,24H2,1-2H3,(H,50,51,54)(H,52,61,62)/t28?,30?,32?,41-/m0/s1. The van der Waals surface area contributed by atoms with Gasteiger partial charge in [-0.2, -0.15) is 10.1 Å². The Labute approximate surface area is 378 Å². The van der Waals surface area contributed by atoms with Gasteiger partial charge in [0.25, 0.3) is 5.56 Å². The number of alkyl halides is 2. The molecule has 342 valence electrons. The molecular formula is C46H52ClF2N11O5. The molecule has 0 bridgehead atoms. The van der Waals surface area contributed by atoms with Gasteiger partial charge in [0.05, 0.1) is 52.8 Å². The molecule has 2 atom stereocenters. The Morgan fingerprint density at radius 2 is 1.68 bits per heavy atom. The topological polar surface area (TPSA) is 164 Å². The lowest BCUT2D eigenvalue weighted by Gasteiger charge is -2.47. The van der Waals surface area contributed by atoms with Crippen molar-refractivity contribution in [3.8, 4) is 5.75 Å². The van der Waals surface area contributed by atoms with Gasteiger partial charge in [0, 0.05) is 88.0 Å². The molecule has 11 rings (SSSR count). The average molecular weight is 912 g/mol. The van der Waals surface area contributed by atoms with E-state index < -0.39 is 30.0 Å². The number of nitrogens with one attached hydrogen (secondary N) is 3. The van der Waals surface area contributed by atoms with Crippen molar-refractivity contribution in [3.63, 3.8) is 0 Å². The fraction of sp³-hybridized carbons (Fsp3) is 0.522. The van der Waals surface area contributed by atoms with Crippen molar-refractivity contribution in [1.82, 2.24) is 34.5 Å². The summed E-state index contributed by atoms with van der Waals surface area (Å²) < 4.78 is 45.7. The summed E-state index contributed by atoms with van der Waals surface area (Å²) in [6.07, 6.45) is 7.98. The SMILES string of the molecule is Cn1nc(C2CCC(=O)NC2=O)c2ccc(N3CCN(C4CC(OC5CCN(c6ncc(Cl)c(Nc7ccc8c(c7)c7c(c(=O)n8C)OCC(F)(F)[C@H](C8CC8)N7)n6)CC5)C4)CC3)cc21. The lowest BCUT2D eigenvalue weighted by atomic mass is 9.87. The number of piperazine rings is 1. The summed E-state index contributed by atoms with van der Waals surface area (Å²) in [6, 6.07) is 11.1. The normalized spacial score (nSPS) is 25.1. The number of carbonyl (C=O) groups is 2. The molecule has 5 fully saturated rings. The highest BCUT2D eigenvalue weighted by atomic mass is 35.5. The number of hydrogen-bond acceptors (Lipinski definition) is 13. The van der Waals surface area contributed by atoms with Gasteiger partial charge in [-0.1, -0.05) is 11.6 Å². The van der Waals surface area contributed by atoms with Crippen LogP contribution >= 0.6 is 11.6 Å². The molecule has 3 saturated heterocycles. The van der Waals surface area contributed by atoms with Crippen LogP contribution in [0.25, 0.3) is 21.8 Å². The highest BCUT2D eigenvalue weighted by Gasteiger charge is 2.51. The Balaban J connectivity index is 0.673. The van der Waals surface area contributed by atoms with E-state index in [2.05, 4.69) is 53.8 Å². The summed E-state index contributed by atoms with van der Waals surface area (Å²) in [5, 5.41) is 15.4. The molecule has 2 aliphatic carbocycles. The van der Waals surface area contributed by atoms with Crippen LogP contribution in [-0.2, 0) is 28.4 Å². The average Bonchev–Trinajstić information content (AvgIpc) is 4.09. The van der Waals surface area contributed by atoms with Crippen LogP contribution in [0.2, 0.25) is 5.02 Å². The number of fused-ring (bicyclic) bond motifs is 4. The third-order valence-corrected chi connectivity index (χ3v) is 14.7. The van der Waals surface area contributed by atoms with Gasteiger partial charge in [0.2, 0.25) is 23.5 Å². The quantitative estimate of drug-likeness (QED) is 0.155. The maximum absolute atomic E-state index is 15.2. The first-order valence-electron chi connectivity index (χ1n) is 22.8. The third-order valence-electron chi connectivity index (χ3n) is 14.4. The first-order valence-corrected chi connectivity index (χ1v) is 23.2. The van der Waals surface area contributed by atoms with Crippen molar-refractivity contribution in [2.24, 2.45) is 20.0 Å². The zero-order chi connectivity index (χ0) is 44.7. The summed E-state index contributed by atoms with van der Waals surface area (Å²) in [7, 11) is 3.51. The monoisotopic (exact) mass is 911 g/mol. The summed E-state index contributed by atoms with van der Waals surface area (Å²) in [4.78, 5) is 54.1. The molecule has 2 saturated carbocycles. The third kappa shape index (κ3) is 7.90. The molecule has 1 unspecified atom stereocenters. The van der Waals surface area contributed by atoms with Crippen LogP contribution in [0.5, 0.6) is 5.75 Å². The fourth-order valence-corrected chi connectivity index (χ4v) is 10.6. The van der Waals surface area contributed by atoms with Crippen LogP contribution in [0, 0.1) is 5.92 Å².